The molecule has 0 saturated carbocycles. The van der Waals surface area contributed by atoms with Gasteiger partial charge in [-0.3, -0.25) is 4.79 Å². The van der Waals surface area contributed by atoms with E-state index in [4.69, 9.17) is 0 Å². The summed E-state index contributed by atoms with van der Waals surface area (Å²) >= 11 is 0. The molecule has 13 heavy (non-hydrogen) atoms. The molecule has 2 aromatic carbocycles. The molecule has 0 amide bonds. The summed E-state index contributed by atoms with van der Waals surface area (Å²) in [6, 6.07) is 11.5. The first-order valence-electron chi connectivity index (χ1n) is 3.99. The monoisotopic (exact) mass is 172 g/mol. The topological polar surface area (TPSA) is 37.3 Å². The van der Waals surface area contributed by atoms with Gasteiger partial charge in [0.1, 0.15) is 5.75 Å². The van der Waals surface area contributed by atoms with Crippen molar-refractivity contribution in [1.82, 2.24) is 0 Å². The number of phenolic OH excluding ortho intramolecular Hbond substituents is 1. The minimum Gasteiger partial charge on any atom is -0.508 e. The Morgan fingerprint density at radius 3 is 2.62 bits per heavy atom. The van der Waals surface area contributed by atoms with Crippen LogP contribution in [-0.2, 0) is 0 Å². The number of benzene rings is 1. The van der Waals surface area contributed by atoms with E-state index in [9.17, 15) is 9.90 Å². The molecule has 0 heterocycles. The lowest BCUT2D eigenvalue weighted by Crippen LogP contribution is -1.93. The van der Waals surface area contributed by atoms with E-state index in [1.165, 1.54) is 12.1 Å². The lowest BCUT2D eigenvalue weighted by molar-refractivity contribution is 0.476. The van der Waals surface area contributed by atoms with Gasteiger partial charge < -0.3 is 5.11 Å². The van der Waals surface area contributed by atoms with Crippen LogP contribution in [-0.4, -0.2) is 5.11 Å². The van der Waals surface area contributed by atoms with Gasteiger partial charge in [0.25, 0.3) is 0 Å². The van der Waals surface area contributed by atoms with Crippen LogP contribution in [0.4, 0.5) is 0 Å². The van der Waals surface area contributed by atoms with Crippen LogP contribution in [0.1, 0.15) is 0 Å². The van der Waals surface area contributed by atoms with Gasteiger partial charge in [0, 0.05) is 5.39 Å². The van der Waals surface area contributed by atoms with Crippen LogP contribution in [0.15, 0.2) is 47.3 Å². The predicted molar refractivity (Wildman–Crippen MR) is 51.9 cm³/mol. The summed E-state index contributed by atoms with van der Waals surface area (Å²) in [5, 5.41) is 10.6. The Labute approximate surface area is 75.1 Å². The van der Waals surface area contributed by atoms with Crippen LogP contribution in [0.5, 0.6) is 5.75 Å². The molecule has 0 aliphatic heterocycles. The Hall–Kier alpha value is -1.83. The number of phenols is 1. The Kier molecular flexibility index (Phi) is 1.74. The van der Waals surface area contributed by atoms with Gasteiger partial charge in [-0.2, -0.15) is 0 Å². The van der Waals surface area contributed by atoms with Gasteiger partial charge in [-0.25, -0.2) is 0 Å². The van der Waals surface area contributed by atoms with E-state index >= 15 is 0 Å². The van der Waals surface area contributed by atoms with Gasteiger partial charge in [-0.05, 0) is 29.7 Å². The molecule has 2 rings (SSSR count). The fourth-order valence-corrected chi connectivity index (χ4v) is 1.30. The Morgan fingerprint density at radius 1 is 1.00 bits per heavy atom. The number of hydrogen-bond acceptors (Lipinski definition) is 2. The van der Waals surface area contributed by atoms with Crippen molar-refractivity contribution >= 4 is 10.8 Å². The quantitative estimate of drug-likeness (QED) is 0.659. The maximum Gasteiger partial charge on any atom is 0.186 e. The largest absolute Gasteiger partial charge is 0.508 e. The first-order valence-corrected chi connectivity index (χ1v) is 3.99. The van der Waals surface area contributed by atoms with Gasteiger partial charge in [-0.15, -0.1) is 0 Å². The summed E-state index contributed by atoms with van der Waals surface area (Å²) in [7, 11) is 0. The number of hydrogen-bond donors (Lipinski definition) is 1. The van der Waals surface area contributed by atoms with Gasteiger partial charge in [0.15, 0.2) is 5.43 Å². The molecule has 2 aromatic rings. The van der Waals surface area contributed by atoms with E-state index in [1.807, 2.05) is 0 Å². The summed E-state index contributed by atoms with van der Waals surface area (Å²) < 4.78 is 0. The second-order valence-corrected chi connectivity index (χ2v) is 2.85. The van der Waals surface area contributed by atoms with Crippen molar-refractivity contribution in [3.05, 3.63) is 52.7 Å². The molecule has 64 valence electrons. The van der Waals surface area contributed by atoms with E-state index in [1.54, 1.807) is 30.3 Å². The summed E-state index contributed by atoms with van der Waals surface area (Å²) in [6.45, 7) is 0. The van der Waals surface area contributed by atoms with Crippen LogP contribution in [0.25, 0.3) is 10.8 Å². The highest BCUT2D eigenvalue weighted by atomic mass is 16.3. The van der Waals surface area contributed by atoms with Crippen molar-refractivity contribution in [2.75, 3.05) is 0 Å². The van der Waals surface area contributed by atoms with Crippen molar-refractivity contribution in [1.29, 1.82) is 0 Å². The standard InChI is InChI=1S/C11H8O2/c12-9-5-6-10-8(7-9)3-1-2-4-11(10)13/h1-7,12H. The highest BCUT2D eigenvalue weighted by Gasteiger charge is 1.95. The Balaban J connectivity index is 3.00. The zero-order valence-electron chi connectivity index (χ0n) is 6.90. The maximum atomic E-state index is 11.4. The molecule has 0 spiro atoms. The molecule has 0 atom stereocenters. The van der Waals surface area contributed by atoms with Gasteiger partial charge in [0.2, 0.25) is 0 Å². The molecule has 2 heteroatoms. The average molecular weight is 172 g/mol. The molecule has 0 bridgehead atoms. The van der Waals surface area contributed by atoms with Crippen LogP contribution in [0.3, 0.4) is 0 Å². The third kappa shape index (κ3) is 1.38. The summed E-state index contributed by atoms with van der Waals surface area (Å²) in [4.78, 5) is 11.4. The minimum atomic E-state index is -0.0278. The Bertz CT molecular complexity index is 503. The van der Waals surface area contributed by atoms with Crippen LogP contribution < -0.4 is 5.43 Å². The summed E-state index contributed by atoms with van der Waals surface area (Å²) in [6.07, 6.45) is 0. The lowest BCUT2D eigenvalue weighted by Gasteiger charge is -1.92. The first-order chi connectivity index (χ1) is 6.27. The minimum absolute atomic E-state index is 0.0278. The summed E-state index contributed by atoms with van der Waals surface area (Å²) in [5.74, 6) is 0.179. The Morgan fingerprint density at radius 2 is 1.77 bits per heavy atom. The van der Waals surface area contributed by atoms with E-state index in [0.29, 0.717) is 5.39 Å². The highest BCUT2D eigenvalue weighted by Crippen LogP contribution is 2.15. The third-order valence-corrected chi connectivity index (χ3v) is 1.94. The van der Waals surface area contributed by atoms with E-state index in [2.05, 4.69) is 0 Å². The fourth-order valence-electron chi connectivity index (χ4n) is 1.30. The number of fused-ring (bicyclic) bond motifs is 1. The normalized spacial score (nSPS) is 10.2. The summed E-state index contributed by atoms with van der Waals surface area (Å²) in [5.41, 5.74) is -0.0278. The predicted octanol–water partition coefficient (Wildman–Crippen LogP) is 1.91. The van der Waals surface area contributed by atoms with Crippen molar-refractivity contribution in [2.24, 2.45) is 0 Å². The third-order valence-electron chi connectivity index (χ3n) is 1.94. The maximum absolute atomic E-state index is 11.4. The van der Waals surface area contributed by atoms with E-state index in [-0.39, 0.29) is 11.2 Å². The molecule has 0 fully saturated rings. The van der Waals surface area contributed by atoms with Gasteiger partial charge in [0.05, 0.1) is 0 Å². The second-order valence-electron chi connectivity index (χ2n) is 2.85. The molecular weight excluding hydrogens is 164 g/mol. The van der Waals surface area contributed by atoms with Crippen molar-refractivity contribution in [3.8, 4) is 5.75 Å². The van der Waals surface area contributed by atoms with Crippen LogP contribution >= 0.6 is 0 Å². The van der Waals surface area contributed by atoms with Crippen molar-refractivity contribution in [2.45, 2.75) is 0 Å². The molecular formula is C11H8O2. The zero-order chi connectivity index (χ0) is 9.26. The van der Waals surface area contributed by atoms with Crippen LogP contribution in [0.2, 0.25) is 0 Å². The molecule has 0 aliphatic carbocycles. The highest BCUT2D eigenvalue weighted by molar-refractivity contribution is 5.82. The SMILES string of the molecule is O=c1ccccc2cc(O)ccc12. The molecule has 0 aromatic heterocycles. The smallest absolute Gasteiger partial charge is 0.186 e. The van der Waals surface area contributed by atoms with E-state index in [0.717, 1.165) is 5.39 Å². The lowest BCUT2D eigenvalue weighted by atomic mass is 10.2. The molecule has 0 radical (unpaired) electrons. The molecule has 0 saturated heterocycles. The number of rotatable bonds is 0. The first kappa shape index (κ1) is 7.80. The second kappa shape index (κ2) is 2.90. The van der Waals surface area contributed by atoms with Gasteiger partial charge in [-0.1, -0.05) is 18.2 Å². The fraction of sp³-hybridized carbons (Fsp3) is 0. The molecule has 0 unspecified atom stereocenters. The van der Waals surface area contributed by atoms with Crippen LogP contribution in [0, 0.1) is 0 Å². The number of aromatic hydroxyl groups is 1. The molecule has 2 nitrogen and oxygen atoms in total. The molecule has 0 aliphatic rings. The molecule has 1 N–H and O–H groups in total. The van der Waals surface area contributed by atoms with Crippen molar-refractivity contribution in [3.63, 3.8) is 0 Å². The van der Waals surface area contributed by atoms with Crippen molar-refractivity contribution < 1.29 is 5.11 Å². The van der Waals surface area contributed by atoms with Gasteiger partial charge >= 0.3 is 0 Å². The zero-order valence-corrected chi connectivity index (χ0v) is 6.90. The average Bonchev–Trinajstić information content (AvgIpc) is 2.28. The van der Waals surface area contributed by atoms with E-state index < -0.39 is 0 Å².